The zero-order chi connectivity index (χ0) is 17.7. The Labute approximate surface area is 133 Å². The van der Waals surface area contributed by atoms with Gasteiger partial charge in [0.1, 0.15) is 10.9 Å². The van der Waals surface area contributed by atoms with Gasteiger partial charge in [-0.25, -0.2) is 4.79 Å². The number of hydrogen-bond donors (Lipinski definition) is 4. The van der Waals surface area contributed by atoms with Crippen molar-refractivity contribution in [3.8, 4) is 6.07 Å². The second-order valence-electron chi connectivity index (χ2n) is 4.53. The molecule has 1 rings (SSSR count). The molecule has 0 radical (unpaired) electrons. The quantitative estimate of drug-likeness (QED) is 0.537. The lowest BCUT2D eigenvalue weighted by Gasteiger charge is -2.11. The van der Waals surface area contributed by atoms with E-state index in [2.05, 4.69) is 0 Å². The van der Waals surface area contributed by atoms with E-state index in [1.165, 1.54) is 0 Å². The molecule has 0 atom stereocenters. The molecule has 1 heterocycles. The third-order valence-corrected chi connectivity index (χ3v) is 4.26. The second-order valence-corrected chi connectivity index (χ2v) is 5.58. The van der Waals surface area contributed by atoms with Crippen LogP contribution in [0.1, 0.15) is 44.4 Å². The molecule has 0 bridgehead atoms. The molecule has 0 saturated carbocycles. The lowest BCUT2D eigenvalue weighted by molar-refractivity contribution is -0.139. The van der Waals surface area contributed by atoms with E-state index < -0.39 is 53.9 Å². The Morgan fingerprint density at radius 3 is 1.87 bits per heavy atom. The van der Waals surface area contributed by atoms with E-state index in [9.17, 15) is 24.4 Å². The van der Waals surface area contributed by atoms with Crippen LogP contribution in [-0.4, -0.2) is 44.3 Å². The summed E-state index contributed by atoms with van der Waals surface area (Å²) in [5.41, 5.74) is -0.518. The van der Waals surface area contributed by atoms with E-state index in [1.54, 1.807) is 6.07 Å². The summed E-state index contributed by atoms with van der Waals surface area (Å²) in [6, 6.07) is 1.67. The van der Waals surface area contributed by atoms with Gasteiger partial charge in [0.25, 0.3) is 0 Å². The molecule has 4 N–H and O–H groups in total. The molecule has 0 aromatic carbocycles. The van der Waals surface area contributed by atoms with Gasteiger partial charge in [0.15, 0.2) is 0 Å². The summed E-state index contributed by atoms with van der Waals surface area (Å²) in [4.78, 5) is 43.4. The zero-order valence-corrected chi connectivity index (χ0v) is 12.3. The smallest absolute Gasteiger partial charge is 0.346 e. The standard InChI is InChI=1S/C13H11NO8S/c14-4-7-6(3-10(19)20)12(13(21)22)23-11(7)5(1-8(15)16)2-9(17)18/h5H,1-3H2,(H,15,16)(H,17,18)(H,19,20)(H,21,22). The Kier molecular flexibility index (Phi) is 5.81. The number of aliphatic carboxylic acids is 3. The molecule has 0 saturated heterocycles. The molecule has 0 aliphatic rings. The summed E-state index contributed by atoms with van der Waals surface area (Å²) in [5, 5.41) is 44.9. The molecule has 0 aliphatic carbocycles. The number of hydrogen-bond acceptors (Lipinski definition) is 6. The number of thiophene rings is 1. The average Bonchev–Trinajstić information content (AvgIpc) is 2.74. The summed E-state index contributed by atoms with van der Waals surface area (Å²) in [6.07, 6.45) is -1.96. The monoisotopic (exact) mass is 341 g/mol. The summed E-state index contributed by atoms with van der Waals surface area (Å²) >= 11 is 0.541. The van der Waals surface area contributed by atoms with Crippen LogP contribution in [0.2, 0.25) is 0 Å². The van der Waals surface area contributed by atoms with Crippen molar-refractivity contribution < 1.29 is 39.6 Å². The Morgan fingerprint density at radius 1 is 1.00 bits per heavy atom. The highest BCUT2D eigenvalue weighted by atomic mass is 32.1. The van der Waals surface area contributed by atoms with E-state index in [0.717, 1.165) is 0 Å². The summed E-state index contributed by atoms with van der Waals surface area (Å²) < 4.78 is 0. The molecule has 122 valence electrons. The summed E-state index contributed by atoms with van der Waals surface area (Å²) in [6.45, 7) is 0. The van der Waals surface area contributed by atoms with Gasteiger partial charge >= 0.3 is 23.9 Å². The van der Waals surface area contributed by atoms with Gasteiger partial charge in [0, 0.05) is 16.4 Å². The summed E-state index contributed by atoms with van der Waals surface area (Å²) in [5.74, 6) is -6.57. The van der Waals surface area contributed by atoms with Crippen molar-refractivity contribution in [1.29, 1.82) is 5.26 Å². The van der Waals surface area contributed by atoms with Crippen LogP contribution in [0.4, 0.5) is 0 Å². The first-order valence-electron chi connectivity index (χ1n) is 6.11. The fourth-order valence-corrected chi connectivity index (χ4v) is 3.28. The number of carboxylic acids is 4. The third-order valence-electron chi connectivity index (χ3n) is 2.88. The fraction of sp³-hybridized carbons (Fsp3) is 0.308. The number of carboxylic acid groups (broad SMARTS) is 4. The largest absolute Gasteiger partial charge is 0.481 e. The van der Waals surface area contributed by atoms with Gasteiger partial charge in [-0.3, -0.25) is 14.4 Å². The van der Waals surface area contributed by atoms with E-state index in [-0.39, 0.29) is 16.0 Å². The van der Waals surface area contributed by atoms with Crippen molar-refractivity contribution in [3.05, 3.63) is 20.9 Å². The number of aromatic carboxylic acids is 1. The highest BCUT2D eigenvalue weighted by Crippen LogP contribution is 2.37. The van der Waals surface area contributed by atoms with Crippen LogP contribution in [0.3, 0.4) is 0 Å². The van der Waals surface area contributed by atoms with Gasteiger partial charge in [0.05, 0.1) is 24.8 Å². The Balaban J connectivity index is 3.51. The third kappa shape index (κ3) is 4.52. The fourth-order valence-electron chi connectivity index (χ4n) is 2.07. The van der Waals surface area contributed by atoms with Crippen LogP contribution in [0.25, 0.3) is 0 Å². The van der Waals surface area contributed by atoms with Crippen LogP contribution < -0.4 is 0 Å². The van der Waals surface area contributed by atoms with Gasteiger partial charge in [-0.05, 0) is 0 Å². The molecular weight excluding hydrogens is 330 g/mol. The Hall–Kier alpha value is -2.93. The van der Waals surface area contributed by atoms with Gasteiger partial charge in [-0.15, -0.1) is 11.3 Å². The Morgan fingerprint density at radius 2 is 1.52 bits per heavy atom. The number of nitriles is 1. The highest BCUT2D eigenvalue weighted by Gasteiger charge is 2.30. The molecule has 23 heavy (non-hydrogen) atoms. The van der Waals surface area contributed by atoms with E-state index in [4.69, 9.17) is 20.4 Å². The van der Waals surface area contributed by atoms with Crippen molar-refractivity contribution in [2.24, 2.45) is 0 Å². The van der Waals surface area contributed by atoms with E-state index in [1.807, 2.05) is 0 Å². The van der Waals surface area contributed by atoms with Crippen molar-refractivity contribution in [3.63, 3.8) is 0 Å². The first-order valence-corrected chi connectivity index (χ1v) is 6.93. The van der Waals surface area contributed by atoms with Crippen molar-refractivity contribution in [2.45, 2.75) is 25.2 Å². The first-order chi connectivity index (χ1) is 10.7. The second kappa shape index (κ2) is 7.37. The molecule has 1 aromatic heterocycles. The van der Waals surface area contributed by atoms with Crippen molar-refractivity contribution in [1.82, 2.24) is 0 Å². The topological polar surface area (TPSA) is 173 Å². The predicted molar refractivity (Wildman–Crippen MR) is 74.6 cm³/mol. The van der Waals surface area contributed by atoms with Crippen LogP contribution in [0, 0.1) is 11.3 Å². The van der Waals surface area contributed by atoms with Gasteiger partial charge in [-0.1, -0.05) is 0 Å². The molecule has 1 aromatic rings. The van der Waals surface area contributed by atoms with Crippen LogP contribution >= 0.6 is 11.3 Å². The molecule has 0 unspecified atom stereocenters. The maximum absolute atomic E-state index is 11.2. The number of rotatable bonds is 8. The van der Waals surface area contributed by atoms with Crippen molar-refractivity contribution >= 4 is 35.2 Å². The van der Waals surface area contributed by atoms with Crippen molar-refractivity contribution in [2.75, 3.05) is 0 Å². The lowest BCUT2D eigenvalue weighted by atomic mass is 9.94. The average molecular weight is 341 g/mol. The molecule has 9 nitrogen and oxygen atoms in total. The van der Waals surface area contributed by atoms with Crippen LogP contribution in [0.5, 0.6) is 0 Å². The minimum atomic E-state index is -1.46. The van der Waals surface area contributed by atoms with Gasteiger partial charge < -0.3 is 20.4 Å². The first kappa shape index (κ1) is 18.1. The molecule has 10 heteroatoms. The minimum Gasteiger partial charge on any atom is -0.481 e. The van der Waals surface area contributed by atoms with E-state index >= 15 is 0 Å². The van der Waals surface area contributed by atoms with E-state index in [0.29, 0.717) is 11.3 Å². The molecule has 0 aliphatic heterocycles. The van der Waals surface area contributed by atoms with Crippen LogP contribution in [0.15, 0.2) is 0 Å². The predicted octanol–water partition coefficient (Wildman–Crippen LogP) is 0.978. The highest BCUT2D eigenvalue weighted by molar-refractivity contribution is 7.14. The maximum Gasteiger partial charge on any atom is 0.346 e. The van der Waals surface area contributed by atoms with Crippen LogP contribution in [-0.2, 0) is 20.8 Å². The SMILES string of the molecule is N#Cc1c(C(CC(=O)O)CC(=O)O)sc(C(=O)O)c1CC(=O)O. The molecule has 0 spiro atoms. The normalized spacial score (nSPS) is 10.3. The van der Waals surface area contributed by atoms with Gasteiger partial charge in [-0.2, -0.15) is 5.26 Å². The maximum atomic E-state index is 11.2. The number of nitrogens with zero attached hydrogens (tertiary/aromatic N) is 1. The zero-order valence-electron chi connectivity index (χ0n) is 11.5. The molecule has 0 fully saturated rings. The molecule has 0 amide bonds. The minimum absolute atomic E-state index is 0.0362. The summed E-state index contributed by atoms with van der Waals surface area (Å²) in [7, 11) is 0. The molecular formula is C13H11NO8S. The Bertz CT molecular complexity index is 698. The number of carbonyl (C=O) groups is 4. The lowest BCUT2D eigenvalue weighted by Crippen LogP contribution is -2.11. The van der Waals surface area contributed by atoms with Gasteiger partial charge in [0.2, 0.25) is 0 Å².